The zero-order valence-electron chi connectivity index (χ0n) is 10.2. The van der Waals surface area contributed by atoms with Gasteiger partial charge in [-0.3, -0.25) is 4.79 Å². The molecule has 0 aliphatic heterocycles. The van der Waals surface area contributed by atoms with Gasteiger partial charge in [0.05, 0.1) is 13.5 Å². The van der Waals surface area contributed by atoms with Crippen LogP contribution in [0.3, 0.4) is 0 Å². The summed E-state index contributed by atoms with van der Waals surface area (Å²) in [6.45, 7) is 1.79. The minimum absolute atomic E-state index is 0.183. The van der Waals surface area contributed by atoms with Gasteiger partial charge in [0.1, 0.15) is 0 Å². The van der Waals surface area contributed by atoms with Crippen molar-refractivity contribution in [2.24, 2.45) is 0 Å². The number of nitrogens with one attached hydrogen (secondary N) is 1. The average Bonchev–Trinajstić information content (AvgIpc) is 2.30. The molecule has 0 amide bonds. The van der Waals surface area contributed by atoms with Crippen molar-refractivity contribution in [2.45, 2.75) is 30.0 Å². The molecule has 0 aliphatic rings. The van der Waals surface area contributed by atoms with Gasteiger partial charge in [-0.25, -0.2) is 0 Å². The Hall–Kier alpha value is -1.30. The molecule has 0 spiro atoms. The molecular formula is C12H15F2NO2S. The van der Waals surface area contributed by atoms with Gasteiger partial charge in [0, 0.05) is 16.6 Å². The van der Waals surface area contributed by atoms with E-state index in [1.54, 1.807) is 31.2 Å². The smallest absolute Gasteiger partial charge is 0.307 e. The van der Waals surface area contributed by atoms with Crippen molar-refractivity contribution in [1.29, 1.82) is 0 Å². The number of thioether (sulfide) groups is 1. The maximum atomic E-state index is 12.4. The molecule has 1 aromatic rings. The highest BCUT2D eigenvalue weighted by molar-refractivity contribution is 7.99. The summed E-state index contributed by atoms with van der Waals surface area (Å²) in [4.78, 5) is 11.5. The number of rotatable bonds is 6. The number of ether oxygens (including phenoxy) is 1. The van der Waals surface area contributed by atoms with Crippen LogP contribution in [-0.4, -0.2) is 24.9 Å². The third-order valence-corrected chi connectivity index (χ3v) is 2.99. The Morgan fingerprint density at radius 1 is 1.44 bits per heavy atom. The average molecular weight is 275 g/mol. The van der Waals surface area contributed by atoms with Crippen molar-refractivity contribution < 1.29 is 18.3 Å². The van der Waals surface area contributed by atoms with Gasteiger partial charge >= 0.3 is 5.97 Å². The van der Waals surface area contributed by atoms with Crippen molar-refractivity contribution in [3.8, 4) is 0 Å². The molecule has 100 valence electrons. The standard InChI is InChI=1S/C12H15F2NO2S/c1-8(7-11(16)17-2)15-9-5-3-4-6-10(9)18-12(13)14/h3-6,8,12,15H,7H2,1-2H3. The van der Waals surface area contributed by atoms with Crippen LogP contribution in [0.15, 0.2) is 29.2 Å². The molecular weight excluding hydrogens is 260 g/mol. The van der Waals surface area contributed by atoms with E-state index in [0.29, 0.717) is 22.3 Å². The quantitative estimate of drug-likeness (QED) is 0.638. The number of carbonyl (C=O) groups is 1. The molecule has 0 fully saturated rings. The number of alkyl halides is 2. The SMILES string of the molecule is COC(=O)CC(C)Nc1ccccc1SC(F)F. The zero-order chi connectivity index (χ0) is 13.5. The first-order valence-corrected chi connectivity index (χ1v) is 6.28. The van der Waals surface area contributed by atoms with E-state index in [1.807, 2.05) is 0 Å². The summed E-state index contributed by atoms with van der Waals surface area (Å²) in [6, 6.07) is 6.59. The molecule has 0 aromatic heterocycles. The number of hydrogen-bond donors (Lipinski definition) is 1. The predicted octanol–water partition coefficient (Wildman–Crippen LogP) is 3.36. The fourth-order valence-corrected chi connectivity index (χ4v) is 2.04. The summed E-state index contributed by atoms with van der Waals surface area (Å²) in [7, 11) is 1.32. The molecule has 0 heterocycles. The van der Waals surface area contributed by atoms with Crippen LogP contribution in [0.25, 0.3) is 0 Å². The summed E-state index contributed by atoms with van der Waals surface area (Å²) < 4.78 is 29.3. The van der Waals surface area contributed by atoms with E-state index in [4.69, 9.17) is 0 Å². The summed E-state index contributed by atoms with van der Waals surface area (Å²) in [6.07, 6.45) is 0.185. The van der Waals surface area contributed by atoms with E-state index in [-0.39, 0.29) is 18.4 Å². The number of benzene rings is 1. The van der Waals surface area contributed by atoms with Gasteiger partial charge in [-0.2, -0.15) is 8.78 Å². The van der Waals surface area contributed by atoms with Gasteiger partial charge in [0.25, 0.3) is 5.76 Å². The highest BCUT2D eigenvalue weighted by Crippen LogP contribution is 2.32. The Balaban J connectivity index is 2.68. The summed E-state index contributed by atoms with van der Waals surface area (Å²) in [5.74, 6) is -2.81. The van der Waals surface area contributed by atoms with E-state index in [0.717, 1.165) is 0 Å². The summed E-state index contributed by atoms with van der Waals surface area (Å²) in [5.41, 5.74) is 0.596. The molecule has 0 radical (unpaired) electrons. The third kappa shape index (κ3) is 4.91. The second-order valence-electron chi connectivity index (χ2n) is 3.70. The molecule has 1 N–H and O–H groups in total. The van der Waals surface area contributed by atoms with Crippen LogP contribution in [-0.2, 0) is 9.53 Å². The van der Waals surface area contributed by atoms with Crippen LogP contribution in [0.2, 0.25) is 0 Å². The van der Waals surface area contributed by atoms with E-state index in [2.05, 4.69) is 10.1 Å². The first-order chi connectivity index (χ1) is 8.52. The van der Waals surface area contributed by atoms with E-state index < -0.39 is 5.76 Å². The Kier molecular flexibility index (Phi) is 5.91. The Bertz CT molecular complexity index is 401. The monoisotopic (exact) mass is 275 g/mol. The van der Waals surface area contributed by atoms with Crippen LogP contribution in [0.5, 0.6) is 0 Å². The van der Waals surface area contributed by atoms with Gasteiger partial charge in [-0.1, -0.05) is 23.9 Å². The van der Waals surface area contributed by atoms with Crippen molar-refractivity contribution in [3.05, 3.63) is 24.3 Å². The van der Waals surface area contributed by atoms with Gasteiger partial charge in [0.2, 0.25) is 0 Å². The number of carbonyl (C=O) groups excluding carboxylic acids is 1. The van der Waals surface area contributed by atoms with Crippen molar-refractivity contribution in [1.82, 2.24) is 0 Å². The van der Waals surface area contributed by atoms with Crippen molar-refractivity contribution in [3.63, 3.8) is 0 Å². The second kappa shape index (κ2) is 7.20. The lowest BCUT2D eigenvalue weighted by Gasteiger charge is -2.16. The summed E-state index contributed by atoms with van der Waals surface area (Å²) in [5, 5.41) is 3.03. The number of hydrogen-bond acceptors (Lipinski definition) is 4. The molecule has 1 rings (SSSR count). The fraction of sp³-hybridized carbons (Fsp3) is 0.417. The number of esters is 1. The zero-order valence-corrected chi connectivity index (χ0v) is 11.0. The van der Waals surface area contributed by atoms with Crippen molar-refractivity contribution >= 4 is 23.4 Å². The Morgan fingerprint density at radius 3 is 2.72 bits per heavy atom. The van der Waals surface area contributed by atoms with E-state index in [1.165, 1.54) is 7.11 Å². The molecule has 0 aliphatic carbocycles. The molecule has 18 heavy (non-hydrogen) atoms. The molecule has 1 atom stereocenters. The predicted molar refractivity (Wildman–Crippen MR) is 68.0 cm³/mol. The molecule has 0 saturated carbocycles. The maximum Gasteiger partial charge on any atom is 0.307 e. The van der Waals surface area contributed by atoms with Crippen LogP contribution in [0.1, 0.15) is 13.3 Å². The van der Waals surface area contributed by atoms with Crippen LogP contribution in [0.4, 0.5) is 14.5 Å². The van der Waals surface area contributed by atoms with Crippen molar-refractivity contribution in [2.75, 3.05) is 12.4 Å². The Morgan fingerprint density at radius 2 is 2.11 bits per heavy atom. The molecule has 1 aromatic carbocycles. The highest BCUT2D eigenvalue weighted by Gasteiger charge is 2.13. The van der Waals surface area contributed by atoms with Gasteiger partial charge < -0.3 is 10.1 Å². The molecule has 0 bridgehead atoms. The third-order valence-electron chi connectivity index (χ3n) is 2.21. The minimum Gasteiger partial charge on any atom is -0.469 e. The van der Waals surface area contributed by atoms with Gasteiger partial charge in [-0.15, -0.1) is 0 Å². The first kappa shape index (κ1) is 14.8. The second-order valence-corrected chi connectivity index (χ2v) is 4.73. The number of anilines is 1. The lowest BCUT2D eigenvalue weighted by atomic mass is 10.2. The fourth-order valence-electron chi connectivity index (χ4n) is 1.43. The molecule has 6 heteroatoms. The largest absolute Gasteiger partial charge is 0.469 e. The molecule has 0 saturated heterocycles. The lowest BCUT2D eigenvalue weighted by Crippen LogP contribution is -2.20. The normalized spacial score (nSPS) is 12.3. The summed E-state index contributed by atoms with van der Waals surface area (Å²) >= 11 is 0.480. The van der Waals surface area contributed by atoms with Crippen LogP contribution < -0.4 is 5.32 Å². The minimum atomic E-state index is -2.47. The number of methoxy groups -OCH3 is 1. The maximum absolute atomic E-state index is 12.4. The molecule has 3 nitrogen and oxygen atoms in total. The topological polar surface area (TPSA) is 38.3 Å². The first-order valence-electron chi connectivity index (χ1n) is 5.40. The Labute approximate surface area is 109 Å². The lowest BCUT2D eigenvalue weighted by molar-refractivity contribution is -0.140. The van der Waals surface area contributed by atoms with Crippen LogP contribution in [0, 0.1) is 0 Å². The van der Waals surface area contributed by atoms with Gasteiger partial charge in [-0.05, 0) is 19.1 Å². The molecule has 1 unspecified atom stereocenters. The number of para-hydroxylation sites is 1. The van der Waals surface area contributed by atoms with E-state index in [9.17, 15) is 13.6 Å². The number of halogens is 2. The highest BCUT2D eigenvalue weighted by atomic mass is 32.2. The van der Waals surface area contributed by atoms with Crippen LogP contribution >= 0.6 is 11.8 Å². The van der Waals surface area contributed by atoms with Gasteiger partial charge in [0.15, 0.2) is 0 Å². The van der Waals surface area contributed by atoms with E-state index >= 15 is 0 Å².